The molecule has 198 valence electrons. The molecule has 2 aromatic heterocycles. The van der Waals surface area contributed by atoms with E-state index in [1.165, 1.54) is 23.4 Å². The molecule has 10 nitrogen and oxygen atoms in total. The molecule has 0 unspecified atom stereocenters. The average Bonchev–Trinajstić information content (AvgIpc) is 3.58. The maximum atomic E-state index is 13.6. The number of aromatic nitrogens is 2. The second-order valence-electron chi connectivity index (χ2n) is 8.79. The summed E-state index contributed by atoms with van der Waals surface area (Å²) in [6.45, 7) is 3.51. The van der Waals surface area contributed by atoms with Crippen molar-refractivity contribution in [1.82, 2.24) is 10.1 Å². The zero-order valence-corrected chi connectivity index (χ0v) is 22.0. The second-order valence-corrected chi connectivity index (χ2v) is 10.4. The van der Waals surface area contributed by atoms with Gasteiger partial charge in [0, 0.05) is 22.4 Å². The van der Waals surface area contributed by atoms with E-state index in [0.717, 1.165) is 0 Å². The van der Waals surface area contributed by atoms with Crippen LogP contribution in [0.1, 0.15) is 16.8 Å². The summed E-state index contributed by atoms with van der Waals surface area (Å²) in [6.07, 6.45) is 2.99. The van der Waals surface area contributed by atoms with Crippen molar-refractivity contribution in [3.8, 4) is 22.6 Å². The Morgan fingerprint density at radius 2 is 1.74 bits per heavy atom. The van der Waals surface area contributed by atoms with Crippen molar-refractivity contribution in [3.63, 3.8) is 0 Å². The Hall–Kier alpha value is -4.90. The van der Waals surface area contributed by atoms with Crippen LogP contribution in [-0.4, -0.2) is 24.6 Å². The summed E-state index contributed by atoms with van der Waals surface area (Å²) in [5, 5.41) is 3.83. The van der Waals surface area contributed by atoms with Crippen LogP contribution in [0.3, 0.4) is 0 Å². The van der Waals surface area contributed by atoms with E-state index in [2.05, 4.69) is 14.9 Å². The molecule has 0 aliphatic heterocycles. The highest BCUT2D eigenvalue weighted by Crippen LogP contribution is 2.35. The first-order valence-corrected chi connectivity index (χ1v) is 13.4. The number of hydrogen-bond acceptors (Lipinski definition) is 7. The zero-order chi connectivity index (χ0) is 27.6. The topological polar surface area (TPSA) is 145 Å². The van der Waals surface area contributed by atoms with Gasteiger partial charge in [-0.2, -0.15) is 0 Å². The van der Waals surface area contributed by atoms with Crippen LogP contribution in [0.2, 0.25) is 0 Å². The van der Waals surface area contributed by atoms with Crippen molar-refractivity contribution in [2.75, 3.05) is 9.62 Å². The number of carbonyl (C=O) groups excluding carboxylic acids is 1. The molecule has 0 atom stereocenters. The third-order valence-electron chi connectivity index (χ3n) is 6.30. The van der Waals surface area contributed by atoms with E-state index in [4.69, 9.17) is 14.7 Å². The number of hydrogen-bond donors (Lipinski definition) is 2. The van der Waals surface area contributed by atoms with E-state index in [1.807, 2.05) is 6.07 Å². The Kier molecular flexibility index (Phi) is 6.90. The maximum Gasteiger partial charge on any atom is 0.319 e. The number of nitrogens with one attached hydrogen (secondary N) is 1. The Morgan fingerprint density at radius 3 is 2.41 bits per heavy atom. The Morgan fingerprint density at radius 1 is 1.00 bits per heavy atom. The van der Waals surface area contributed by atoms with Gasteiger partial charge < -0.3 is 14.7 Å². The summed E-state index contributed by atoms with van der Waals surface area (Å²) in [5.41, 5.74) is 9.82. The molecule has 0 spiro atoms. The van der Waals surface area contributed by atoms with Gasteiger partial charge in [0.25, 0.3) is 10.0 Å². The van der Waals surface area contributed by atoms with Crippen LogP contribution in [0, 0.1) is 13.8 Å². The highest BCUT2D eigenvalue weighted by molar-refractivity contribution is 7.92. The molecule has 2 heterocycles. The molecule has 11 heteroatoms. The number of para-hydroxylation sites is 1. The number of amides is 2. The van der Waals surface area contributed by atoms with Gasteiger partial charge >= 0.3 is 6.03 Å². The fourth-order valence-electron chi connectivity index (χ4n) is 4.17. The number of aryl methyl sites for hydroxylation is 1. The fourth-order valence-corrected chi connectivity index (χ4v) is 5.44. The highest BCUT2D eigenvalue weighted by atomic mass is 32.2. The molecule has 0 aliphatic carbocycles. The minimum absolute atomic E-state index is 0.0221. The Balaban J connectivity index is 1.64. The maximum absolute atomic E-state index is 13.6. The van der Waals surface area contributed by atoms with E-state index < -0.39 is 16.1 Å². The van der Waals surface area contributed by atoms with Gasteiger partial charge in [0.2, 0.25) is 11.8 Å². The van der Waals surface area contributed by atoms with Crippen molar-refractivity contribution in [1.29, 1.82) is 0 Å². The molecule has 2 amide bonds. The predicted octanol–water partition coefficient (Wildman–Crippen LogP) is 5.50. The van der Waals surface area contributed by atoms with Gasteiger partial charge in [-0.25, -0.2) is 22.9 Å². The van der Waals surface area contributed by atoms with Gasteiger partial charge in [0.15, 0.2) is 0 Å². The van der Waals surface area contributed by atoms with Gasteiger partial charge in [-0.1, -0.05) is 47.6 Å². The van der Waals surface area contributed by atoms with Crippen LogP contribution >= 0.6 is 0 Å². The minimum atomic E-state index is -4.09. The molecule has 0 fully saturated rings. The van der Waals surface area contributed by atoms with Crippen molar-refractivity contribution < 1.29 is 22.2 Å². The molecule has 3 N–H and O–H groups in total. The van der Waals surface area contributed by atoms with Crippen LogP contribution in [0.15, 0.2) is 99.1 Å². The molecular formula is C28H25N5O5S. The molecule has 5 aromatic rings. The molecule has 3 aromatic carbocycles. The number of primary amides is 1. The summed E-state index contributed by atoms with van der Waals surface area (Å²) in [7, 11) is -4.09. The van der Waals surface area contributed by atoms with E-state index in [9.17, 15) is 13.2 Å². The highest BCUT2D eigenvalue weighted by Gasteiger charge is 2.25. The molecule has 5 rings (SSSR count). The van der Waals surface area contributed by atoms with E-state index in [-0.39, 0.29) is 17.3 Å². The van der Waals surface area contributed by atoms with E-state index >= 15 is 0 Å². The lowest BCUT2D eigenvalue weighted by molar-refractivity contribution is 0.253. The first-order valence-electron chi connectivity index (χ1n) is 11.9. The molecule has 0 saturated heterocycles. The number of oxazole rings is 1. The monoisotopic (exact) mass is 543 g/mol. The smallest absolute Gasteiger partial charge is 0.319 e. The lowest BCUT2D eigenvalue weighted by Gasteiger charge is -2.23. The molecule has 0 radical (unpaired) electrons. The zero-order valence-electron chi connectivity index (χ0n) is 21.2. The standard InChI is InChI=1S/C28H25N5O5S/c1-18-19(2)31-38-26(18)32-39(35,36)25-11-7-6-10-24(25)23-13-12-20(27-30-14-15-37-27)16-21(23)17-33(28(29)34)22-8-4-3-5-9-22/h3-16,32H,17H2,1-2H3,(H2,29,34). The number of sulfonamides is 1. The van der Waals surface area contributed by atoms with Crippen LogP contribution in [0.25, 0.3) is 22.6 Å². The van der Waals surface area contributed by atoms with Crippen molar-refractivity contribution >= 4 is 27.6 Å². The summed E-state index contributed by atoms with van der Waals surface area (Å²) in [6, 6.07) is 20.3. The van der Waals surface area contributed by atoms with Crippen molar-refractivity contribution in [2.45, 2.75) is 25.3 Å². The lowest BCUT2D eigenvalue weighted by Crippen LogP contribution is -2.35. The summed E-state index contributed by atoms with van der Waals surface area (Å²) in [5.74, 6) is 0.428. The number of benzene rings is 3. The van der Waals surface area contributed by atoms with Gasteiger partial charge in [-0.15, -0.1) is 0 Å². The van der Waals surface area contributed by atoms with Gasteiger partial charge in [0.1, 0.15) is 6.26 Å². The third kappa shape index (κ3) is 5.25. The number of nitrogens with zero attached hydrogens (tertiary/aromatic N) is 3. The summed E-state index contributed by atoms with van der Waals surface area (Å²) < 4.78 is 40.3. The largest absolute Gasteiger partial charge is 0.445 e. The van der Waals surface area contributed by atoms with Gasteiger partial charge in [0.05, 0.1) is 23.3 Å². The molecular weight excluding hydrogens is 518 g/mol. The van der Waals surface area contributed by atoms with Gasteiger partial charge in [-0.05, 0) is 55.3 Å². The van der Waals surface area contributed by atoms with Crippen LogP contribution in [0.5, 0.6) is 0 Å². The average molecular weight is 544 g/mol. The van der Waals surface area contributed by atoms with E-state index in [1.54, 1.807) is 74.5 Å². The number of carbonyl (C=O) groups is 1. The van der Waals surface area contributed by atoms with Crippen LogP contribution in [-0.2, 0) is 16.6 Å². The summed E-state index contributed by atoms with van der Waals surface area (Å²) in [4.78, 5) is 18.2. The lowest BCUT2D eigenvalue weighted by atomic mass is 9.96. The number of rotatable bonds is 8. The quantitative estimate of drug-likeness (QED) is 0.263. The Bertz CT molecular complexity index is 1730. The van der Waals surface area contributed by atoms with E-state index in [0.29, 0.717) is 45.1 Å². The second kappa shape index (κ2) is 10.5. The predicted molar refractivity (Wildman–Crippen MR) is 146 cm³/mol. The van der Waals surface area contributed by atoms with Crippen molar-refractivity contribution in [2.24, 2.45) is 5.73 Å². The van der Waals surface area contributed by atoms with Gasteiger partial charge in [-0.3, -0.25) is 4.90 Å². The van der Waals surface area contributed by atoms with Crippen LogP contribution in [0.4, 0.5) is 16.4 Å². The molecule has 39 heavy (non-hydrogen) atoms. The molecule has 0 saturated carbocycles. The first kappa shape index (κ1) is 25.7. The number of urea groups is 1. The minimum Gasteiger partial charge on any atom is -0.445 e. The number of nitrogens with two attached hydrogens (primary N) is 1. The number of anilines is 2. The first-order chi connectivity index (χ1) is 18.7. The molecule has 0 bridgehead atoms. The summed E-state index contributed by atoms with van der Waals surface area (Å²) >= 11 is 0. The van der Waals surface area contributed by atoms with Crippen LogP contribution < -0.4 is 15.4 Å². The molecule has 0 aliphatic rings. The SMILES string of the molecule is Cc1noc(NS(=O)(=O)c2ccccc2-c2ccc(-c3ncco3)cc2CN(C(N)=O)c2ccccc2)c1C. The third-order valence-corrected chi connectivity index (χ3v) is 7.69. The fraction of sp³-hybridized carbons (Fsp3) is 0.107. The van der Waals surface area contributed by atoms with Crippen molar-refractivity contribution in [3.05, 3.63) is 102 Å². The normalized spacial score (nSPS) is 11.3. The Labute approximate surface area is 225 Å².